The Kier molecular flexibility index (Phi) is 6.98. The first-order valence-electron chi connectivity index (χ1n) is 15.3. The summed E-state index contributed by atoms with van der Waals surface area (Å²) < 4.78 is 2.87. The van der Waals surface area contributed by atoms with Crippen molar-refractivity contribution in [3.63, 3.8) is 0 Å². The van der Waals surface area contributed by atoms with Gasteiger partial charge in [0.15, 0.2) is 5.78 Å². The number of Topliss-reactive ketones (excluding diaryl/α,β-unsaturated/α-hetero) is 1. The van der Waals surface area contributed by atoms with Crippen LogP contribution in [0.2, 0.25) is 0 Å². The zero-order valence-corrected chi connectivity index (χ0v) is 24.7. The molecule has 5 atom stereocenters. The Labute approximate surface area is 249 Å². The molecule has 7 rings (SSSR count). The van der Waals surface area contributed by atoms with E-state index in [2.05, 4.69) is 6.07 Å². The number of aryl methyl sites for hydroxylation is 1. The number of hydrogen-bond acceptors (Lipinski definition) is 5. The van der Waals surface area contributed by atoms with E-state index < -0.39 is 5.69 Å². The fraction of sp³-hybridized carbons (Fsp3) is 0.429. The van der Waals surface area contributed by atoms with Gasteiger partial charge in [0.1, 0.15) is 4.83 Å². The van der Waals surface area contributed by atoms with E-state index in [0.717, 1.165) is 52.7 Å². The van der Waals surface area contributed by atoms with Crippen molar-refractivity contribution in [2.24, 2.45) is 29.6 Å². The summed E-state index contributed by atoms with van der Waals surface area (Å²) in [5.41, 5.74) is 2.55. The number of hydrogen-bond donors (Lipinski definition) is 0. The van der Waals surface area contributed by atoms with E-state index >= 15 is 0 Å². The molecule has 3 bridgehead atoms. The van der Waals surface area contributed by atoms with Gasteiger partial charge in [0.05, 0.1) is 30.1 Å². The second-order valence-electron chi connectivity index (χ2n) is 12.7. The second-order valence-corrected chi connectivity index (χ2v) is 13.8. The van der Waals surface area contributed by atoms with Gasteiger partial charge in [0, 0.05) is 10.8 Å². The first kappa shape index (κ1) is 27.1. The summed E-state index contributed by atoms with van der Waals surface area (Å²) >= 11 is 1.48. The van der Waals surface area contributed by atoms with Crippen molar-refractivity contribution in [3.05, 3.63) is 91.4 Å². The molecule has 5 unspecified atom stereocenters. The predicted octanol–water partition coefficient (Wildman–Crippen LogP) is 6.41. The second kappa shape index (κ2) is 10.8. The molecule has 2 heterocycles. The van der Waals surface area contributed by atoms with Crippen LogP contribution in [0.4, 0.5) is 0 Å². The van der Waals surface area contributed by atoms with Crippen molar-refractivity contribution < 1.29 is 4.79 Å². The lowest BCUT2D eigenvalue weighted by Crippen LogP contribution is -2.42. The number of carbonyl (C=O) groups is 1. The Morgan fingerprint density at radius 3 is 2.38 bits per heavy atom. The number of thiophene rings is 1. The topological polar surface area (TPSA) is 84.9 Å². The lowest BCUT2D eigenvalue weighted by atomic mass is 9.77. The first-order chi connectivity index (χ1) is 20.4. The van der Waals surface area contributed by atoms with Crippen LogP contribution in [0.15, 0.2) is 64.2 Å². The third-order valence-corrected chi connectivity index (χ3v) is 11.5. The third-order valence-electron chi connectivity index (χ3n) is 10.2. The Morgan fingerprint density at radius 1 is 0.929 bits per heavy atom. The molecule has 0 spiro atoms. The summed E-state index contributed by atoms with van der Waals surface area (Å²) in [6, 6.07) is 19.5. The average molecular weight is 578 g/mol. The molecule has 0 N–H and O–H groups in total. The maximum Gasteiger partial charge on any atom is 0.332 e. The summed E-state index contributed by atoms with van der Waals surface area (Å²) in [6.07, 6.45) is 7.66. The van der Waals surface area contributed by atoms with Crippen LogP contribution in [0.5, 0.6) is 0 Å². The van der Waals surface area contributed by atoms with Crippen LogP contribution < -0.4 is 11.2 Å². The SMILES string of the molecule is CCc1cc2c(=O)n(CC(=O)C3CC4CC5CC(C4)C(C5)C3)c(=O)n(Cc3ccc(-c4ccccc4C#N)cc3)c2s1. The summed E-state index contributed by atoms with van der Waals surface area (Å²) in [7, 11) is 0. The Hall–Kier alpha value is -3.76. The molecule has 7 heteroatoms. The van der Waals surface area contributed by atoms with Crippen LogP contribution in [0.25, 0.3) is 21.3 Å². The molecule has 6 nitrogen and oxygen atoms in total. The molecule has 0 radical (unpaired) electrons. The van der Waals surface area contributed by atoms with Gasteiger partial charge in [0.25, 0.3) is 5.56 Å². The van der Waals surface area contributed by atoms with Gasteiger partial charge in [-0.2, -0.15) is 5.26 Å². The van der Waals surface area contributed by atoms with Gasteiger partial charge in [-0.15, -0.1) is 11.3 Å². The third kappa shape index (κ3) is 4.76. The molecule has 4 aromatic rings. The number of carbonyl (C=O) groups excluding carboxylic acids is 1. The normalized spacial score (nSPS) is 24.5. The minimum Gasteiger partial charge on any atom is -0.297 e. The Morgan fingerprint density at radius 2 is 1.64 bits per heavy atom. The standard InChI is InChI=1S/C35H35N3O3S/c1-2-29-17-31-33(40)37(20-32(39)28-15-23-11-22-12-26(13-23)27(14-22)16-28)35(41)38(34(31)42-29)19-21-7-9-24(10-8-21)30-6-4-3-5-25(30)18-36/h3-10,17,22-23,26-28H,2,11-16,19-20H2,1H3. The maximum atomic E-state index is 14.0. The minimum atomic E-state index is -0.416. The van der Waals surface area contributed by atoms with Crippen LogP contribution in [0.1, 0.15) is 61.5 Å². The number of nitrogens with zero attached hydrogens (tertiary/aromatic N) is 3. The van der Waals surface area contributed by atoms with Crippen molar-refractivity contribution in [2.75, 3.05) is 0 Å². The molecule has 0 aliphatic heterocycles. The number of fused-ring (bicyclic) bond motifs is 3. The van der Waals surface area contributed by atoms with Gasteiger partial charge < -0.3 is 0 Å². The molecule has 0 saturated heterocycles. The largest absolute Gasteiger partial charge is 0.332 e. The van der Waals surface area contributed by atoms with Crippen molar-refractivity contribution in [2.45, 2.75) is 65.0 Å². The predicted molar refractivity (Wildman–Crippen MR) is 166 cm³/mol. The van der Waals surface area contributed by atoms with Crippen LogP contribution in [-0.2, 0) is 24.3 Å². The molecule has 3 fully saturated rings. The van der Waals surface area contributed by atoms with Crippen LogP contribution in [0.3, 0.4) is 0 Å². The summed E-state index contributed by atoms with van der Waals surface area (Å²) in [4.78, 5) is 43.1. The molecular formula is C35H35N3O3S. The molecule has 42 heavy (non-hydrogen) atoms. The molecule has 0 amide bonds. The number of nitriles is 1. The van der Waals surface area contributed by atoms with E-state index in [1.54, 1.807) is 10.6 Å². The lowest BCUT2D eigenvalue weighted by molar-refractivity contribution is -0.124. The van der Waals surface area contributed by atoms with Crippen LogP contribution in [0, 0.1) is 40.9 Å². The van der Waals surface area contributed by atoms with Gasteiger partial charge in [-0.05, 0) is 97.4 Å². The number of ketones is 1. The molecular weight excluding hydrogens is 542 g/mol. The van der Waals surface area contributed by atoms with Gasteiger partial charge in [-0.1, -0.05) is 49.4 Å². The average Bonchev–Trinajstić information content (AvgIpc) is 3.53. The molecule has 3 aliphatic rings. The van der Waals surface area contributed by atoms with Gasteiger partial charge in [-0.3, -0.25) is 18.7 Å². The van der Waals surface area contributed by atoms with Crippen molar-refractivity contribution in [3.8, 4) is 17.2 Å². The highest BCUT2D eigenvalue weighted by Crippen LogP contribution is 2.54. The first-order valence-corrected chi connectivity index (χ1v) is 16.1. The molecule has 214 valence electrons. The highest BCUT2D eigenvalue weighted by atomic mass is 32.1. The zero-order chi connectivity index (χ0) is 29.0. The Balaban J connectivity index is 1.21. The van der Waals surface area contributed by atoms with E-state index in [0.29, 0.717) is 34.2 Å². The minimum absolute atomic E-state index is 0.0440. The van der Waals surface area contributed by atoms with E-state index in [-0.39, 0.29) is 23.8 Å². The van der Waals surface area contributed by atoms with Gasteiger partial charge in [0.2, 0.25) is 0 Å². The summed E-state index contributed by atoms with van der Waals surface area (Å²) in [5.74, 6) is 2.83. The smallest absolute Gasteiger partial charge is 0.297 e. The Bertz CT molecular complexity index is 1840. The monoisotopic (exact) mass is 577 g/mol. The highest BCUT2D eigenvalue weighted by Gasteiger charge is 2.45. The molecule has 3 aliphatic carbocycles. The van der Waals surface area contributed by atoms with E-state index in [9.17, 15) is 19.6 Å². The van der Waals surface area contributed by atoms with Gasteiger partial charge in [-0.25, -0.2) is 4.79 Å². The van der Waals surface area contributed by atoms with E-state index in [1.165, 1.54) is 41.6 Å². The van der Waals surface area contributed by atoms with E-state index in [4.69, 9.17) is 0 Å². The fourth-order valence-electron chi connectivity index (χ4n) is 8.21. The molecule has 3 saturated carbocycles. The highest BCUT2D eigenvalue weighted by molar-refractivity contribution is 7.18. The number of benzene rings is 2. The molecule has 2 aromatic heterocycles. The lowest BCUT2D eigenvalue weighted by Gasteiger charge is -2.28. The summed E-state index contributed by atoms with van der Waals surface area (Å²) in [5, 5.41) is 10.0. The van der Waals surface area contributed by atoms with Gasteiger partial charge >= 0.3 is 5.69 Å². The van der Waals surface area contributed by atoms with Crippen molar-refractivity contribution in [1.29, 1.82) is 5.26 Å². The zero-order valence-electron chi connectivity index (χ0n) is 23.9. The number of aromatic nitrogens is 2. The number of rotatable bonds is 7. The maximum absolute atomic E-state index is 14.0. The quantitative estimate of drug-likeness (QED) is 0.254. The van der Waals surface area contributed by atoms with E-state index in [1.807, 2.05) is 55.5 Å². The van der Waals surface area contributed by atoms with Crippen LogP contribution in [-0.4, -0.2) is 14.9 Å². The van der Waals surface area contributed by atoms with Crippen molar-refractivity contribution in [1.82, 2.24) is 9.13 Å². The van der Waals surface area contributed by atoms with Crippen LogP contribution >= 0.6 is 11.3 Å². The fourth-order valence-corrected chi connectivity index (χ4v) is 9.29. The summed E-state index contributed by atoms with van der Waals surface area (Å²) in [6.45, 7) is 2.19. The van der Waals surface area contributed by atoms with Crippen molar-refractivity contribution >= 4 is 27.3 Å². The molecule has 2 aromatic carbocycles.